The molecule has 12 heavy (non-hydrogen) atoms. The Hall–Kier alpha value is -0.610. The van der Waals surface area contributed by atoms with Gasteiger partial charge < -0.3 is 10.1 Å². The van der Waals surface area contributed by atoms with Crippen molar-refractivity contribution in [2.45, 2.75) is 13.0 Å². The van der Waals surface area contributed by atoms with Crippen molar-refractivity contribution in [3.05, 3.63) is 0 Å². The Bertz CT molecular complexity index is 144. The van der Waals surface area contributed by atoms with Gasteiger partial charge in [-0.25, -0.2) is 0 Å². The van der Waals surface area contributed by atoms with Gasteiger partial charge in [0.25, 0.3) is 0 Å². The number of amides is 1. The van der Waals surface area contributed by atoms with Crippen LogP contribution in [0.1, 0.15) is 8.35 Å². The van der Waals surface area contributed by atoms with Crippen LogP contribution in [0.25, 0.3) is 0 Å². The normalized spacial score (nSPS) is 13.1. The number of nitrogens with zero attached hydrogens (tertiary/aromatic N) is 1. The monoisotopic (exact) mass is 176 g/mol. The lowest BCUT2D eigenvalue weighted by atomic mass is 10.2. The van der Waals surface area contributed by atoms with Crippen LogP contribution in [-0.4, -0.2) is 51.2 Å². The zero-order chi connectivity index (χ0) is 9.56. The second-order valence-corrected chi connectivity index (χ2v) is 2.66. The van der Waals surface area contributed by atoms with Crippen molar-refractivity contribution in [3.8, 4) is 0 Å². The van der Waals surface area contributed by atoms with E-state index in [9.17, 15) is 4.79 Å². The van der Waals surface area contributed by atoms with Crippen LogP contribution in [0.5, 0.6) is 0 Å². The highest BCUT2D eigenvalue weighted by atomic mass is 16.5. The van der Waals surface area contributed by atoms with Crippen molar-refractivity contribution in [1.82, 2.24) is 10.2 Å². The van der Waals surface area contributed by atoms with Crippen molar-refractivity contribution in [2.24, 2.45) is 0 Å². The van der Waals surface area contributed by atoms with E-state index in [0.29, 0.717) is 6.61 Å². The molecule has 0 rings (SSSR count). The highest BCUT2D eigenvalue weighted by Crippen LogP contribution is 1.96. The van der Waals surface area contributed by atoms with Gasteiger partial charge in [0.1, 0.15) is 6.04 Å². The Morgan fingerprint density at radius 2 is 2.33 bits per heavy atom. The summed E-state index contributed by atoms with van der Waals surface area (Å²) in [7, 11) is 5.13. The number of hydrogen-bond donors (Lipinski definition) is 1. The second-order valence-electron chi connectivity index (χ2n) is 2.66. The Labute approximate surface area is 75.4 Å². The number of methoxy groups -OCH3 is 1. The van der Waals surface area contributed by atoms with E-state index < -0.39 is 0 Å². The number of carbonyl (C=O) groups excluding carboxylic acids is 1. The average molecular weight is 176 g/mol. The number of nitrogens with one attached hydrogen (secondary N) is 1. The molecule has 0 bridgehead atoms. The molecule has 0 fully saturated rings. The van der Waals surface area contributed by atoms with Gasteiger partial charge in [-0.2, -0.15) is 0 Å². The first kappa shape index (κ1) is 11.4. The summed E-state index contributed by atoms with van der Waals surface area (Å²) in [5.74, 6) is 0.00111. The molecule has 74 valence electrons. The predicted octanol–water partition coefficient (Wildman–Crippen LogP) is -0.0549. The fourth-order valence-electron chi connectivity index (χ4n) is 0.948. The minimum Gasteiger partial charge on any atom is -0.383 e. The molecule has 0 spiro atoms. The largest absolute Gasteiger partial charge is 0.383 e. The van der Waals surface area contributed by atoms with Gasteiger partial charge >= 0.3 is 0 Å². The molecule has 1 N–H and O–H groups in total. The molecule has 1 unspecified atom stereocenters. The van der Waals surface area contributed by atoms with E-state index in [4.69, 9.17) is 4.74 Å². The van der Waals surface area contributed by atoms with Crippen LogP contribution in [0.15, 0.2) is 0 Å². The summed E-state index contributed by atoms with van der Waals surface area (Å²) in [5.41, 5.74) is 0. The minimum absolute atomic E-state index is 0. The molecule has 0 aromatic carbocycles. The van der Waals surface area contributed by atoms with Crippen molar-refractivity contribution < 1.29 is 11.0 Å². The quantitative estimate of drug-likeness (QED) is 0.638. The van der Waals surface area contributed by atoms with E-state index >= 15 is 0 Å². The first-order chi connectivity index (χ1) is 5.67. The summed E-state index contributed by atoms with van der Waals surface area (Å²) >= 11 is 0. The molecule has 1 atom stereocenters. The van der Waals surface area contributed by atoms with E-state index in [-0.39, 0.29) is 13.4 Å². The van der Waals surface area contributed by atoms with Crippen molar-refractivity contribution >= 4 is 5.91 Å². The van der Waals surface area contributed by atoms with Gasteiger partial charge in [-0.05, 0) is 13.6 Å². The third kappa shape index (κ3) is 3.19. The van der Waals surface area contributed by atoms with E-state index in [1.54, 1.807) is 14.2 Å². The molecule has 0 radical (unpaired) electrons. The summed E-state index contributed by atoms with van der Waals surface area (Å²) in [4.78, 5) is 13.2. The molecule has 0 aromatic rings. The van der Waals surface area contributed by atoms with Gasteiger partial charge in [-0.15, -0.1) is 0 Å². The van der Waals surface area contributed by atoms with Gasteiger partial charge in [-0.3, -0.25) is 9.69 Å². The fourth-order valence-corrected chi connectivity index (χ4v) is 0.948. The van der Waals surface area contributed by atoms with Crippen molar-refractivity contribution in [3.63, 3.8) is 0 Å². The summed E-state index contributed by atoms with van der Waals surface area (Å²) in [6.07, 6.45) is 0. The van der Waals surface area contributed by atoms with Gasteiger partial charge in [0.15, 0.2) is 0 Å². The van der Waals surface area contributed by atoms with E-state index in [1.807, 2.05) is 18.9 Å². The average Bonchev–Trinajstić information content (AvgIpc) is 2.11. The molecule has 0 aliphatic heterocycles. The van der Waals surface area contributed by atoms with E-state index in [1.165, 1.54) is 0 Å². The van der Waals surface area contributed by atoms with Crippen LogP contribution in [0.2, 0.25) is 0 Å². The Morgan fingerprint density at radius 1 is 1.75 bits per heavy atom. The van der Waals surface area contributed by atoms with Crippen LogP contribution in [0, 0.1) is 0 Å². The Balaban J connectivity index is 0. The first-order valence-electron chi connectivity index (χ1n) is 4.08. The SMILES string of the molecule is CCN(C)C(COC)C(=O)NC.[HH]. The van der Waals surface area contributed by atoms with Gasteiger partial charge in [0, 0.05) is 15.6 Å². The summed E-state index contributed by atoms with van der Waals surface area (Å²) < 4.78 is 4.95. The lowest BCUT2D eigenvalue weighted by Gasteiger charge is -2.24. The van der Waals surface area contributed by atoms with E-state index in [0.717, 1.165) is 6.54 Å². The lowest BCUT2D eigenvalue weighted by molar-refractivity contribution is -0.127. The fraction of sp³-hybridized carbons (Fsp3) is 0.875. The van der Waals surface area contributed by atoms with Gasteiger partial charge in [0.2, 0.25) is 5.91 Å². The smallest absolute Gasteiger partial charge is 0.239 e. The summed E-state index contributed by atoms with van der Waals surface area (Å²) in [6.45, 7) is 3.27. The molecule has 0 saturated carbocycles. The molecule has 0 heterocycles. The maximum absolute atomic E-state index is 11.3. The number of ether oxygens (including phenoxy) is 1. The van der Waals surface area contributed by atoms with Crippen LogP contribution in [-0.2, 0) is 9.53 Å². The number of carbonyl (C=O) groups is 1. The maximum Gasteiger partial charge on any atom is 0.239 e. The van der Waals surface area contributed by atoms with Gasteiger partial charge in [0.05, 0.1) is 6.61 Å². The zero-order valence-electron chi connectivity index (χ0n) is 8.26. The van der Waals surface area contributed by atoms with Crippen LogP contribution in [0.3, 0.4) is 0 Å². The van der Waals surface area contributed by atoms with Crippen LogP contribution >= 0.6 is 0 Å². The predicted molar refractivity (Wildman–Crippen MR) is 50.1 cm³/mol. The van der Waals surface area contributed by atoms with Crippen molar-refractivity contribution in [2.75, 3.05) is 34.4 Å². The molecule has 0 saturated heterocycles. The Morgan fingerprint density at radius 3 is 2.67 bits per heavy atom. The standard InChI is InChI=1S/C8H18N2O2.H2/c1-5-10(3)7(6-12-4)8(11)9-2;/h7H,5-6H2,1-4H3,(H,9,11);1H. The molecule has 4 nitrogen and oxygen atoms in total. The summed E-state index contributed by atoms with van der Waals surface area (Å²) in [6, 6.07) is -0.176. The molecule has 0 aliphatic rings. The molecule has 0 aromatic heterocycles. The van der Waals surface area contributed by atoms with E-state index in [2.05, 4.69) is 5.32 Å². The number of rotatable bonds is 5. The molecular weight excluding hydrogens is 156 g/mol. The molecule has 0 aliphatic carbocycles. The molecule has 4 heteroatoms. The highest BCUT2D eigenvalue weighted by molar-refractivity contribution is 5.81. The lowest BCUT2D eigenvalue weighted by Crippen LogP contribution is -2.46. The first-order valence-corrected chi connectivity index (χ1v) is 4.08. The second kappa shape index (κ2) is 5.97. The topological polar surface area (TPSA) is 41.6 Å². The third-order valence-corrected chi connectivity index (χ3v) is 1.90. The molecule has 1 amide bonds. The molecular formula is C8H20N2O2. The highest BCUT2D eigenvalue weighted by Gasteiger charge is 2.20. The van der Waals surface area contributed by atoms with Crippen molar-refractivity contribution in [1.29, 1.82) is 0 Å². The Kier molecular flexibility index (Phi) is 5.66. The minimum atomic E-state index is -0.176. The maximum atomic E-state index is 11.3. The third-order valence-electron chi connectivity index (χ3n) is 1.90. The number of likely N-dealkylation sites (N-methyl/N-ethyl adjacent to an activating group) is 2. The zero-order valence-corrected chi connectivity index (χ0v) is 8.26. The van der Waals surface area contributed by atoms with Crippen LogP contribution < -0.4 is 5.32 Å². The van der Waals surface area contributed by atoms with Gasteiger partial charge in [-0.1, -0.05) is 6.92 Å². The van der Waals surface area contributed by atoms with Crippen LogP contribution in [0.4, 0.5) is 0 Å². The summed E-state index contributed by atoms with van der Waals surface area (Å²) in [5, 5.41) is 2.60. The number of hydrogen-bond acceptors (Lipinski definition) is 3.